The normalized spacial score (nSPS) is 10.8. The van der Waals surface area contributed by atoms with Crippen LogP contribution in [0.1, 0.15) is 36.7 Å². The number of unbranched alkanes of at least 4 members (excludes halogenated alkanes) is 1. The molecule has 3 rings (SSSR count). The number of aromatic nitrogens is 3. The number of carbonyl (C=O) groups excluding carboxylic acids is 1. The van der Waals surface area contributed by atoms with Gasteiger partial charge in [-0.2, -0.15) is 5.26 Å². The fourth-order valence-electron chi connectivity index (χ4n) is 2.96. The molecule has 0 bridgehead atoms. The highest BCUT2D eigenvalue weighted by atomic mass is 35.5. The molecule has 3 aromatic rings. The number of rotatable bonds is 7. The van der Waals surface area contributed by atoms with Crippen molar-refractivity contribution in [3.05, 3.63) is 41.4 Å². The number of nitrogens with zero attached hydrogens (tertiary/aromatic N) is 3. The highest BCUT2D eigenvalue weighted by molar-refractivity contribution is 6.34. The van der Waals surface area contributed by atoms with Gasteiger partial charge in [0.05, 0.1) is 17.5 Å². The van der Waals surface area contributed by atoms with Crippen molar-refractivity contribution in [3.8, 4) is 17.2 Å². The number of nitrogens with one attached hydrogen (secondary N) is 2. The van der Waals surface area contributed by atoms with E-state index in [1.807, 2.05) is 12.3 Å². The molecule has 7 heteroatoms. The first-order valence-corrected chi connectivity index (χ1v) is 9.00. The third kappa shape index (κ3) is 3.58. The monoisotopic (exact) mass is 369 g/mol. The second kappa shape index (κ2) is 8.07. The number of fused-ring (bicyclic) bond motifs is 1. The van der Waals surface area contributed by atoms with Crippen LogP contribution in [0.5, 0.6) is 0 Å². The van der Waals surface area contributed by atoms with Gasteiger partial charge in [-0.25, -0.2) is 4.98 Å². The Morgan fingerprint density at radius 3 is 3.00 bits per heavy atom. The summed E-state index contributed by atoms with van der Waals surface area (Å²) in [7, 11) is 0. The van der Waals surface area contributed by atoms with E-state index in [9.17, 15) is 4.79 Å². The van der Waals surface area contributed by atoms with Crippen LogP contribution in [-0.4, -0.2) is 38.8 Å². The van der Waals surface area contributed by atoms with Gasteiger partial charge >= 0.3 is 0 Å². The summed E-state index contributed by atoms with van der Waals surface area (Å²) in [4.78, 5) is 24.9. The average molecular weight is 370 g/mol. The Morgan fingerprint density at radius 1 is 1.38 bits per heavy atom. The number of pyridine rings is 1. The third-order valence-corrected chi connectivity index (χ3v) is 4.59. The van der Waals surface area contributed by atoms with Gasteiger partial charge in [0, 0.05) is 48.2 Å². The zero-order valence-electron chi connectivity index (χ0n) is 14.6. The van der Waals surface area contributed by atoms with Crippen molar-refractivity contribution in [2.45, 2.75) is 26.2 Å². The Balaban J connectivity index is 1.90. The van der Waals surface area contributed by atoms with Crippen LogP contribution in [-0.2, 0) is 0 Å². The van der Waals surface area contributed by atoms with Crippen LogP contribution in [0.25, 0.3) is 22.2 Å². The molecule has 0 aromatic carbocycles. The lowest BCUT2D eigenvalue weighted by molar-refractivity contribution is 0.0751. The molecule has 0 saturated heterocycles. The fourth-order valence-corrected chi connectivity index (χ4v) is 3.22. The van der Waals surface area contributed by atoms with E-state index in [4.69, 9.17) is 16.9 Å². The number of hydrogen-bond donors (Lipinski definition) is 2. The van der Waals surface area contributed by atoms with E-state index in [1.165, 1.54) is 0 Å². The van der Waals surface area contributed by atoms with E-state index in [0.29, 0.717) is 30.2 Å². The first-order chi connectivity index (χ1) is 12.7. The third-order valence-electron chi connectivity index (χ3n) is 4.30. The molecule has 0 aliphatic carbocycles. The van der Waals surface area contributed by atoms with Crippen molar-refractivity contribution in [3.63, 3.8) is 0 Å². The van der Waals surface area contributed by atoms with Gasteiger partial charge in [-0.1, -0.05) is 24.9 Å². The number of carbonyl (C=O) groups is 1. The molecular formula is C19H20ClN5O. The van der Waals surface area contributed by atoms with Crippen molar-refractivity contribution in [1.29, 1.82) is 5.26 Å². The van der Waals surface area contributed by atoms with E-state index >= 15 is 0 Å². The molecule has 0 aliphatic rings. The van der Waals surface area contributed by atoms with Crippen molar-refractivity contribution < 1.29 is 4.79 Å². The molecular weight excluding hydrogens is 350 g/mol. The Kier molecular flexibility index (Phi) is 5.59. The lowest BCUT2D eigenvalue weighted by atomic mass is 10.1. The van der Waals surface area contributed by atoms with E-state index in [0.717, 1.165) is 35.0 Å². The van der Waals surface area contributed by atoms with Crippen LogP contribution in [0.2, 0.25) is 5.02 Å². The van der Waals surface area contributed by atoms with Crippen LogP contribution in [0.15, 0.2) is 30.7 Å². The Hall–Kier alpha value is -2.78. The predicted molar refractivity (Wildman–Crippen MR) is 102 cm³/mol. The lowest BCUT2D eigenvalue weighted by Gasteiger charge is -2.20. The predicted octanol–water partition coefficient (Wildman–Crippen LogP) is 4.37. The number of H-pyrrole nitrogens is 2. The van der Waals surface area contributed by atoms with Crippen molar-refractivity contribution in [2.75, 3.05) is 13.1 Å². The van der Waals surface area contributed by atoms with Gasteiger partial charge < -0.3 is 14.9 Å². The van der Waals surface area contributed by atoms with Gasteiger partial charge in [-0.05, 0) is 18.6 Å². The maximum atomic E-state index is 12.8. The topological polar surface area (TPSA) is 88.6 Å². The summed E-state index contributed by atoms with van der Waals surface area (Å²) in [6.45, 7) is 3.15. The second-order valence-corrected chi connectivity index (χ2v) is 6.48. The first kappa shape index (κ1) is 18.0. The molecule has 0 aliphatic heterocycles. The van der Waals surface area contributed by atoms with Gasteiger partial charge in [-0.15, -0.1) is 0 Å². The van der Waals surface area contributed by atoms with E-state index < -0.39 is 0 Å². The first-order valence-electron chi connectivity index (χ1n) is 8.62. The Bertz CT molecular complexity index is 952. The second-order valence-electron chi connectivity index (χ2n) is 6.08. The van der Waals surface area contributed by atoms with Crippen LogP contribution < -0.4 is 0 Å². The Morgan fingerprint density at radius 2 is 2.23 bits per heavy atom. The quantitative estimate of drug-likeness (QED) is 0.648. The summed E-state index contributed by atoms with van der Waals surface area (Å²) in [6.07, 6.45) is 7.41. The van der Waals surface area contributed by atoms with Gasteiger partial charge in [0.25, 0.3) is 5.91 Å². The van der Waals surface area contributed by atoms with Gasteiger partial charge in [-0.3, -0.25) is 4.79 Å². The summed E-state index contributed by atoms with van der Waals surface area (Å²) in [5.74, 6) is -0.101. The zero-order chi connectivity index (χ0) is 18.5. The molecule has 134 valence electrons. The molecule has 6 nitrogen and oxygen atoms in total. The van der Waals surface area contributed by atoms with Crippen LogP contribution >= 0.6 is 11.6 Å². The molecule has 0 atom stereocenters. The standard InChI is InChI=1S/C19H20ClN5O/c1-2-3-8-25(9-4-6-21)19(26)16-10-13(11-23-16)17-14-5-7-22-18(14)24-12-15(17)20/h5,7,10-12,23H,2-4,8-9H2,1H3,(H,22,24). The largest absolute Gasteiger partial charge is 0.357 e. The highest BCUT2D eigenvalue weighted by Crippen LogP contribution is 2.34. The minimum atomic E-state index is -0.101. The summed E-state index contributed by atoms with van der Waals surface area (Å²) < 4.78 is 0. The molecule has 0 saturated carbocycles. The van der Waals surface area contributed by atoms with Gasteiger partial charge in [0.15, 0.2) is 0 Å². The zero-order valence-corrected chi connectivity index (χ0v) is 15.3. The molecule has 0 radical (unpaired) electrons. The maximum Gasteiger partial charge on any atom is 0.270 e. The summed E-state index contributed by atoms with van der Waals surface area (Å²) in [5, 5.41) is 10.3. The number of nitriles is 1. The number of aromatic amines is 2. The molecule has 3 heterocycles. The van der Waals surface area contributed by atoms with Gasteiger partial charge in [0.1, 0.15) is 11.3 Å². The molecule has 3 aromatic heterocycles. The highest BCUT2D eigenvalue weighted by Gasteiger charge is 2.19. The average Bonchev–Trinajstić information content (AvgIpc) is 3.30. The minimum Gasteiger partial charge on any atom is -0.357 e. The maximum absolute atomic E-state index is 12.8. The summed E-state index contributed by atoms with van der Waals surface area (Å²) in [6, 6.07) is 5.83. The number of hydrogen-bond acceptors (Lipinski definition) is 3. The lowest BCUT2D eigenvalue weighted by Crippen LogP contribution is -2.33. The molecule has 2 N–H and O–H groups in total. The smallest absolute Gasteiger partial charge is 0.270 e. The van der Waals surface area contributed by atoms with E-state index in [1.54, 1.807) is 23.4 Å². The Labute approximate surface area is 156 Å². The number of amides is 1. The SMILES string of the molecule is CCCCN(CCC#N)C(=O)c1cc(-c2c(Cl)cnc3[nH]ccc23)c[nH]1. The molecule has 1 amide bonds. The van der Waals surface area contributed by atoms with E-state index in [2.05, 4.69) is 27.9 Å². The van der Waals surface area contributed by atoms with Crippen molar-refractivity contribution in [1.82, 2.24) is 19.9 Å². The summed E-state index contributed by atoms with van der Waals surface area (Å²) in [5.41, 5.74) is 2.91. The summed E-state index contributed by atoms with van der Waals surface area (Å²) >= 11 is 6.36. The molecule has 0 fully saturated rings. The molecule has 26 heavy (non-hydrogen) atoms. The molecule has 0 spiro atoms. The van der Waals surface area contributed by atoms with Crippen molar-refractivity contribution in [2.24, 2.45) is 0 Å². The molecule has 0 unspecified atom stereocenters. The van der Waals surface area contributed by atoms with E-state index in [-0.39, 0.29) is 5.91 Å². The fraction of sp³-hybridized carbons (Fsp3) is 0.316. The van der Waals surface area contributed by atoms with Crippen LogP contribution in [0, 0.1) is 11.3 Å². The van der Waals surface area contributed by atoms with Crippen molar-refractivity contribution >= 4 is 28.5 Å². The van der Waals surface area contributed by atoms with Crippen LogP contribution in [0.3, 0.4) is 0 Å². The minimum absolute atomic E-state index is 0.101. The van der Waals surface area contributed by atoms with Gasteiger partial charge in [0.2, 0.25) is 0 Å². The number of halogens is 1. The van der Waals surface area contributed by atoms with Crippen LogP contribution in [0.4, 0.5) is 0 Å².